The number of carboxylic acids is 5. The van der Waals surface area contributed by atoms with Crippen molar-refractivity contribution in [3.63, 3.8) is 0 Å². The van der Waals surface area contributed by atoms with Crippen LogP contribution in [0.5, 0.6) is 0 Å². The second-order valence-corrected chi connectivity index (χ2v) is 12.8. The first kappa shape index (κ1) is 38.6. The third kappa shape index (κ3) is 9.93. The van der Waals surface area contributed by atoms with Crippen LogP contribution in [0.3, 0.4) is 0 Å². The smallest absolute Gasteiger partial charge is 0.321 e. The minimum absolute atomic E-state index is 0.0269. The van der Waals surface area contributed by atoms with Crippen LogP contribution in [0.25, 0.3) is 21.8 Å². The molecule has 0 aliphatic carbocycles. The van der Waals surface area contributed by atoms with E-state index in [-0.39, 0.29) is 39.0 Å². The van der Waals surface area contributed by atoms with Crippen molar-refractivity contribution in [2.45, 2.75) is 51.2 Å². The van der Waals surface area contributed by atoms with Gasteiger partial charge in [-0.1, -0.05) is 56.7 Å². The molecule has 4 aromatic rings. The summed E-state index contributed by atoms with van der Waals surface area (Å²) in [6.45, 7) is 1.81. The molecule has 0 aliphatic heterocycles. The van der Waals surface area contributed by atoms with Crippen molar-refractivity contribution < 1.29 is 49.5 Å². The molecule has 0 saturated heterocycles. The van der Waals surface area contributed by atoms with E-state index in [1.54, 1.807) is 24.2 Å². The molecule has 2 aromatic heterocycles. The molecule has 4 unspecified atom stereocenters. The van der Waals surface area contributed by atoms with Crippen LogP contribution in [-0.4, -0.2) is 137 Å². The number of aromatic amines is 2. The molecule has 0 spiro atoms. The summed E-state index contributed by atoms with van der Waals surface area (Å²) in [7, 11) is 0. The van der Waals surface area contributed by atoms with Gasteiger partial charge in [-0.25, -0.2) is 0 Å². The zero-order valence-electron chi connectivity index (χ0n) is 28.6. The number of H-pyrrole nitrogens is 2. The van der Waals surface area contributed by atoms with Gasteiger partial charge in [0.05, 0.1) is 13.1 Å². The molecule has 0 amide bonds. The number of aromatic nitrogens is 2. The van der Waals surface area contributed by atoms with Gasteiger partial charge in [-0.3, -0.25) is 38.7 Å². The maximum Gasteiger partial charge on any atom is 0.321 e. The fraction of sp³-hybridized carbons (Fsp3) is 0.417. The standard InChI is InChI=1S/C36H45N5O10/c1-3-22(2)33(36(50)51)39(12-14-40(20-31(42)43)29(34(46)47)16-23-18-37-27-10-6-4-8-25(23)27)13-15-41(21-32(44)45)30(35(48)49)17-24-19-38-28-11-7-5-9-26(24)28/h4-11,18-19,22,29-30,33,37-38H,3,12-17,20-21H2,1-2H3,(H,42,43)(H,44,45)(H,46,47)(H,48,49)(H,50,51). The molecule has 4 rings (SSSR count). The van der Waals surface area contributed by atoms with Gasteiger partial charge in [-0.15, -0.1) is 0 Å². The number of benzene rings is 2. The molecule has 15 heteroatoms. The number of carbonyl (C=O) groups is 5. The molecule has 7 N–H and O–H groups in total. The highest BCUT2D eigenvalue weighted by Crippen LogP contribution is 2.23. The molecule has 2 aromatic carbocycles. The monoisotopic (exact) mass is 707 g/mol. The average Bonchev–Trinajstić information content (AvgIpc) is 3.69. The number of fused-ring (bicyclic) bond motifs is 2. The number of hydrogen-bond acceptors (Lipinski definition) is 8. The van der Waals surface area contributed by atoms with Crippen LogP contribution in [0.4, 0.5) is 0 Å². The summed E-state index contributed by atoms with van der Waals surface area (Å²) in [5.41, 5.74) is 2.93. The van der Waals surface area contributed by atoms with Crippen molar-refractivity contribution in [3.05, 3.63) is 72.1 Å². The van der Waals surface area contributed by atoms with Crippen LogP contribution >= 0.6 is 0 Å². The van der Waals surface area contributed by atoms with Gasteiger partial charge in [0.15, 0.2) is 0 Å². The van der Waals surface area contributed by atoms with Crippen molar-refractivity contribution in [1.29, 1.82) is 0 Å². The maximum atomic E-state index is 12.7. The Balaban J connectivity index is 1.62. The van der Waals surface area contributed by atoms with Crippen molar-refractivity contribution in [2.24, 2.45) is 5.92 Å². The van der Waals surface area contributed by atoms with Gasteiger partial charge in [0.2, 0.25) is 0 Å². The van der Waals surface area contributed by atoms with E-state index in [2.05, 4.69) is 9.97 Å². The van der Waals surface area contributed by atoms with E-state index < -0.39 is 67.0 Å². The van der Waals surface area contributed by atoms with Crippen LogP contribution in [0, 0.1) is 5.92 Å². The molecule has 0 fully saturated rings. The third-order valence-electron chi connectivity index (χ3n) is 9.48. The molecular formula is C36H45N5O10. The number of carboxylic acid groups (broad SMARTS) is 5. The fourth-order valence-electron chi connectivity index (χ4n) is 6.69. The summed E-state index contributed by atoms with van der Waals surface area (Å²) in [5.74, 6) is -6.61. The molecule has 2 heterocycles. The summed E-state index contributed by atoms with van der Waals surface area (Å²) in [6, 6.07) is 11.0. The molecule has 51 heavy (non-hydrogen) atoms. The Morgan fingerprint density at radius 2 is 1.00 bits per heavy atom. The summed E-state index contributed by atoms with van der Waals surface area (Å²) < 4.78 is 0. The molecule has 0 aliphatic rings. The minimum Gasteiger partial charge on any atom is -0.480 e. The first-order valence-corrected chi connectivity index (χ1v) is 16.7. The Hall–Kier alpha value is -5.25. The number of rotatable bonds is 22. The maximum absolute atomic E-state index is 12.7. The first-order chi connectivity index (χ1) is 24.3. The minimum atomic E-state index is -1.27. The molecule has 274 valence electrons. The van der Waals surface area contributed by atoms with Crippen molar-refractivity contribution >= 4 is 51.7 Å². The summed E-state index contributed by atoms with van der Waals surface area (Å²) in [6.07, 6.45) is 3.77. The van der Waals surface area contributed by atoms with Crippen molar-refractivity contribution in [1.82, 2.24) is 24.7 Å². The number of hydrogen-bond donors (Lipinski definition) is 7. The number of nitrogens with zero attached hydrogens (tertiary/aromatic N) is 3. The molecular weight excluding hydrogens is 662 g/mol. The van der Waals surface area contributed by atoms with E-state index in [0.717, 1.165) is 21.8 Å². The van der Waals surface area contributed by atoms with Gasteiger partial charge in [-0.2, -0.15) is 0 Å². The Bertz CT molecular complexity index is 1720. The van der Waals surface area contributed by atoms with E-state index in [0.29, 0.717) is 17.5 Å². The number of aliphatic carboxylic acids is 5. The Morgan fingerprint density at radius 3 is 1.35 bits per heavy atom. The van der Waals surface area contributed by atoms with Gasteiger partial charge in [-0.05, 0) is 29.2 Å². The lowest BCUT2D eigenvalue weighted by atomic mass is 9.97. The summed E-state index contributed by atoms with van der Waals surface area (Å²) in [5, 5.41) is 52.1. The quantitative estimate of drug-likeness (QED) is 0.0624. The van der Waals surface area contributed by atoms with Gasteiger partial charge >= 0.3 is 29.8 Å². The first-order valence-electron chi connectivity index (χ1n) is 16.7. The molecule has 4 atom stereocenters. The largest absolute Gasteiger partial charge is 0.480 e. The predicted molar refractivity (Wildman–Crippen MR) is 188 cm³/mol. The Morgan fingerprint density at radius 1 is 0.608 bits per heavy atom. The van der Waals surface area contributed by atoms with Crippen LogP contribution in [0.15, 0.2) is 60.9 Å². The van der Waals surface area contributed by atoms with Crippen LogP contribution < -0.4 is 0 Å². The highest BCUT2D eigenvalue weighted by molar-refractivity contribution is 5.85. The lowest BCUT2D eigenvalue weighted by Gasteiger charge is -2.37. The van der Waals surface area contributed by atoms with Crippen LogP contribution in [0.2, 0.25) is 0 Å². The Labute approximate surface area is 294 Å². The second-order valence-electron chi connectivity index (χ2n) is 12.8. The predicted octanol–water partition coefficient (Wildman–Crippen LogP) is 2.92. The molecule has 0 bridgehead atoms. The normalized spacial score (nSPS) is 14.2. The van der Waals surface area contributed by atoms with Gasteiger partial charge in [0.25, 0.3) is 0 Å². The Kier molecular flexibility index (Phi) is 13.3. The highest BCUT2D eigenvalue weighted by Gasteiger charge is 2.35. The van der Waals surface area contributed by atoms with Crippen LogP contribution in [-0.2, 0) is 36.8 Å². The summed E-state index contributed by atoms with van der Waals surface area (Å²) in [4.78, 5) is 72.2. The average molecular weight is 708 g/mol. The lowest BCUT2D eigenvalue weighted by Crippen LogP contribution is -2.55. The number of para-hydroxylation sites is 2. The van der Waals surface area contributed by atoms with E-state index in [1.165, 1.54) is 9.80 Å². The second kappa shape index (κ2) is 17.6. The van der Waals surface area contributed by atoms with Gasteiger partial charge < -0.3 is 35.5 Å². The van der Waals surface area contributed by atoms with Crippen LogP contribution in [0.1, 0.15) is 31.4 Å². The van der Waals surface area contributed by atoms with Gasteiger partial charge in [0.1, 0.15) is 18.1 Å². The fourth-order valence-corrected chi connectivity index (χ4v) is 6.69. The zero-order chi connectivity index (χ0) is 37.2. The molecule has 15 nitrogen and oxygen atoms in total. The van der Waals surface area contributed by atoms with Crippen molar-refractivity contribution in [3.8, 4) is 0 Å². The van der Waals surface area contributed by atoms with Crippen molar-refractivity contribution in [2.75, 3.05) is 39.3 Å². The molecule has 0 radical (unpaired) electrons. The van der Waals surface area contributed by atoms with E-state index in [4.69, 9.17) is 0 Å². The van der Waals surface area contributed by atoms with Gasteiger partial charge in [0, 0.05) is 73.2 Å². The summed E-state index contributed by atoms with van der Waals surface area (Å²) >= 11 is 0. The third-order valence-corrected chi connectivity index (χ3v) is 9.48. The SMILES string of the molecule is CCC(C)C(C(=O)O)N(CCN(CC(=O)O)C(Cc1c[nH]c2ccccc12)C(=O)O)CCN(CC(=O)O)C(Cc1c[nH]c2ccccc12)C(=O)O. The lowest BCUT2D eigenvalue weighted by molar-refractivity contribution is -0.149. The molecule has 0 saturated carbocycles. The number of nitrogens with one attached hydrogen (secondary N) is 2. The topological polar surface area (TPSA) is 228 Å². The zero-order valence-corrected chi connectivity index (χ0v) is 28.6. The van der Waals surface area contributed by atoms with E-state index in [9.17, 15) is 49.5 Å². The van der Waals surface area contributed by atoms with E-state index >= 15 is 0 Å². The van der Waals surface area contributed by atoms with E-state index in [1.807, 2.05) is 55.5 Å². The highest BCUT2D eigenvalue weighted by atomic mass is 16.4.